The fraction of sp³-hybridized carbons (Fsp3) is 0.0800. The number of rotatable bonds is 6. The number of hydrogen-bond acceptors (Lipinski definition) is 6. The van der Waals surface area contributed by atoms with Crippen molar-refractivity contribution < 1.29 is 22.7 Å². The number of aromatic nitrogens is 1. The molecule has 172 valence electrons. The number of carbonyl (C=O) groups excluding carboxylic acids is 2. The number of nitrogens with zero attached hydrogens (tertiary/aromatic N) is 1. The molecule has 1 amide bonds. The monoisotopic (exact) mass is 475 g/mol. The number of esters is 1. The highest BCUT2D eigenvalue weighted by Gasteiger charge is 2.22. The summed E-state index contributed by atoms with van der Waals surface area (Å²) in [6.45, 7) is 1.45. The predicted octanol–water partition coefficient (Wildman–Crippen LogP) is 3.73. The van der Waals surface area contributed by atoms with Gasteiger partial charge in [-0.05, 0) is 43.3 Å². The van der Waals surface area contributed by atoms with Gasteiger partial charge in [0.05, 0.1) is 21.7 Å². The fourth-order valence-electron chi connectivity index (χ4n) is 3.35. The molecule has 0 saturated heterocycles. The van der Waals surface area contributed by atoms with Crippen LogP contribution in [0.4, 0.5) is 5.69 Å². The Bertz CT molecular complexity index is 1470. The zero-order chi connectivity index (χ0) is 24.3. The van der Waals surface area contributed by atoms with Crippen molar-refractivity contribution in [2.24, 2.45) is 5.14 Å². The van der Waals surface area contributed by atoms with Crippen LogP contribution in [0.2, 0.25) is 0 Å². The second kappa shape index (κ2) is 9.42. The molecule has 0 radical (unpaired) electrons. The second-order valence-electron chi connectivity index (χ2n) is 7.54. The quantitative estimate of drug-likeness (QED) is 0.409. The minimum atomic E-state index is -3.84. The average molecular weight is 476 g/mol. The third-order valence-corrected chi connectivity index (χ3v) is 6.04. The third kappa shape index (κ3) is 5.11. The molecule has 4 rings (SSSR count). The second-order valence-corrected chi connectivity index (χ2v) is 9.11. The summed E-state index contributed by atoms with van der Waals surface area (Å²) >= 11 is 0. The van der Waals surface area contributed by atoms with Gasteiger partial charge in [0, 0.05) is 16.6 Å². The summed E-state index contributed by atoms with van der Waals surface area (Å²) in [6, 6.07) is 23.6. The van der Waals surface area contributed by atoms with Crippen LogP contribution in [0.15, 0.2) is 89.8 Å². The molecule has 1 atom stereocenters. The number of fused-ring (bicyclic) bond motifs is 1. The molecule has 0 fully saturated rings. The van der Waals surface area contributed by atoms with Crippen LogP contribution in [0.25, 0.3) is 22.2 Å². The van der Waals surface area contributed by atoms with E-state index in [2.05, 4.69) is 10.3 Å². The largest absolute Gasteiger partial charge is 0.449 e. The van der Waals surface area contributed by atoms with E-state index < -0.39 is 28.0 Å². The normalized spacial score (nSPS) is 12.2. The van der Waals surface area contributed by atoms with Gasteiger partial charge in [0.15, 0.2) is 6.10 Å². The molecule has 4 aromatic rings. The molecule has 34 heavy (non-hydrogen) atoms. The first-order chi connectivity index (χ1) is 16.2. The van der Waals surface area contributed by atoms with Crippen molar-refractivity contribution in [3.05, 3.63) is 90.5 Å². The highest BCUT2D eigenvalue weighted by molar-refractivity contribution is 7.89. The lowest BCUT2D eigenvalue weighted by Gasteiger charge is -2.15. The highest BCUT2D eigenvalue weighted by Crippen LogP contribution is 2.25. The molecule has 3 aromatic carbocycles. The minimum absolute atomic E-state index is 0.0799. The van der Waals surface area contributed by atoms with Crippen LogP contribution >= 0.6 is 0 Å². The molecule has 0 unspecified atom stereocenters. The van der Waals surface area contributed by atoms with Crippen molar-refractivity contribution >= 4 is 38.5 Å². The fourth-order valence-corrected chi connectivity index (χ4v) is 3.87. The Hall–Kier alpha value is -4.08. The zero-order valence-corrected chi connectivity index (χ0v) is 19.0. The molecule has 8 nitrogen and oxygen atoms in total. The third-order valence-electron chi connectivity index (χ3n) is 5.11. The minimum Gasteiger partial charge on any atom is -0.449 e. The number of pyridine rings is 1. The van der Waals surface area contributed by atoms with Gasteiger partial charge in [-0.1, -0.05) is 48.5 Å². The molecule has 9 heteroatoms. The van der Waals surface area contributed by atoms with Crippen molar-refractivity contribution in [2.75, 3.05) is 5.32 Å². The van der Waals surface area contributed by atoms with Gasteiger partial charge < -0.3 is 10.1 Å². The maximum atomic E-state index is 13.1. The zero-order valence-electron chi connectivity index (χ0n) is 18.1. The Morgan fingerprint density at radius 3 is 2.26 bits per heavy atom. The van der Waals surface area contributed by atoms with E-state index in [9.17, 15) is 18.0 Å². The molecule has 0 bridgehead atoms. The van der Waals surface area contributed by atoms with Crippen LogP contribution in [0.5, 0.6) is 0 Å². The van der Waals surface area contributed by atoms with Crippen LogP contribution in [-0.4, -0.2) is 31.4 Å². The first-order valence-electron chi connectivity index (χ1n) is 10.3. The number of hydrogen-bond donors (Lipinski definition) is 2. The van der Waals surface area contributed by atoms with Crippen molar-refractivity contribution in [1.29, 1.82) is 0 Å². The molecule has 0 spiro atoms. The number of sulfonamides is 1. The molecule has 3 N–H and O–H groups in total. The number of nitrogens with two attached hydrogens (primary N) is 1. The number of primary sulfonamides is 1. The summed E-state index contributed by atoms with van der Waals surface area (Å²) < 4.78 is 28.2. The maximum absolute atomic E-state index is 13.1. The van der Waals surface area contributed by atoms with Gasteiger partial charge in [0.25, 0.3) is 5.91 Å². The van der Waals surface area contributed by atoms with Crippen molar-refractivity contribution in [3.63, 3.8) is 0 Å². The number of amides is 1. The highest BCUT2D eigenvalue weighted by atomic mass is 32.2. The van der Waals surface area contributed by atoms with E-state index in [1.165, 1.54) is 31.2 Å². The molecule has 0 aliphatic heterocycles. The van der Waals surface area contributed by atoms with Crippen LogP contribution < -0.4 is 10.5 Å². The predicted molar refractivity (Wildman–Crippen MR) is 129 cm³/mol. The molecule has 0 aliphatic rings. The van der Waals surface area contributed by atoms with E-state index in [1.54, 1.807) is 24.3 Å². The topological polar surface area (TPSA) is 128 Å². The average Bonchev–Trinajstić information content (AvgIpc) is 2.83. The standard InChI is InChI=1S/C25H21N3O5S/c1-16(24(29)27-18-11-13-19(14-12-18)34(26,31)32)33-25(30)21-15-23(17-7-3-2-4-8-17)28-22-10-6-5-9-20(21)22/h2-16H,1H3,(H,27,29)(H2,26,31,32)/t16-/m1/s1. The molecular weight excluding hydrogens is 454 g/mol. The lowest BCUT2D eigenvalue weighted by Crippen LogP contribution is -2.30. The van der Waals surface area contributed by atoms with Crippen molar-refractivity contribution in [3.8, 4) is 11.3 Å². The van der Waals surface area contributed by atoms with Crippen LogP contribution in [0.1, 0.15) is 17.3 Å². The molecule has 0 saturated carbocycles. The molecule has 1 heterocycles. The summed E-state index contributed by atoms with van der Waals surface area (Å²) in [5, 5.41) is 8.27. The number of para-hydroxylation sites is 1. The number of carbonyl (C=O) groups is 2. The Balaban J connectivity index is 1.55. The van der Waals surface area contributed by atoms with Gasteiger partial charge in [-0.3, -0.25) is 4.79 Å². The number of nitrogens with one attached hydrogen (secondary N) is 1. The van der Waals surface area contributed by atoms with Crippen LogP contribution in [-0.2, 0) is 19.6 Å². The summed E-state index contributed by atoms with van der Waals surface area (Å²) in [5.74, 6) is -1.23. The van der Waals surface area contributed by atoms with Gasteiger partial charge in [-0.2, -0.15) is 0 Å². The van der Waals surface area contributed by atoms with E-state index in [0.717, 1.165) is 5.56 Å². The van der Waals surface area contributed by atoms with Crippen LogP contribution in [0.3, 0.4) is 0 Å². The first-order valence-corrected chi connectivity index (χ1v) is 11.9. The van der Waals surface area contributed by atoms with E-state index in [4.69, 9.17) is 9.88 Å². The van der Waals surface area contributed by atoms with E-state index in [0.29, 0.717) is 27.8 Å². The van der Waals surface area contributed by atoms with E-state index in [-0.39, 0.29) is 4.90 Å². The van der Waals surface area contributed by atoms with Gasteiger partial charge in [-0.15, -0.1) is 0 Å². The van der Waals surface area contributed by atoms with Gasteiger partial charge in [0.1, 0.15) is 0 Å². The number of anilines is 1. The molecular formula is C25H21N3O5S. The number of ether oxygens (including phenoxy) is 1. The Morgan fingerprint density at radius 2 is 1.59 bits per heavy atom. The lowest BCUT2D eigenvalue weighted by molar-refractivity contribution is -0.123. The van der Waals surface area contributed by atoms with E-state index >= 15 is 0 Å². The summed E-state index contributed by atoms with van der Waals surface area (Å²) in [5.41, 5.74) is 2.71. The first kappa shape index (κ1) is 23.1. The van der Waals surface area contributed by atoms with Crippen molar-refractivity contribution in [2.45, 2.75) is 17.9 Å². The summed E-state index contributed by atoms with van der Waals surface area (Å²) in [4.78, 5) is 30.2. The lowest BCUT2D eigenvalue weighted by atomic mass is 10.0. The molecule has 0 aliphatic carbocycles. The van der Waals surface area contributed by atoms with Gasteiger partial charge in [0.2, 0.25) is 10.0 Å². The van der Waals surface area contributed by atoms with Gasteiger partial charge >= 0.3 is 5.97 Å². The Morgan fingerprint density at radius 1 is 0.941 bits per heavy atom. The van der Waals surface area contributed by atoms with Crippen molar-refractivity contribution in [1.82, 2.24) is 4.98 Å². The van der Waals surface area contributed by atoms with E-state index in [1.807, 2.05) is 36.4 Å². The van der Waals surface area contributed by atoms with Gasteiger partial charge in [-0.25, -0.2) is 23.3 Å². The smallest absolute Gasteiger partial charge is 0.339 e. The summed E-state index contributed by atoms with van der Waals surface area (Å²) in [6.07, 6.45) is -1.11. The Labute approximate surface area is 196 Å². The van der Waals surface area contributed by atoms with Crippen LogP contribution in [0, 0.1) is 0 Å². The Kier molecular flexibility index (Phi) is 6.40. The molecule has 1 aromatic heterocycles. The SMILES string of the molecule is C[C@@H](OC(=O)c1cc(-c2ccccc2)nc2ccccc12)C(=O)Nc1ccc(S(N)(=O)=O)cc1. The number of benzene rings is 3. The maximum Gasteiger partial charge on any atom is 0.339 e. The summed E-state index contributed by atoms with van der Waals surface area (Å²) in [7, 11) is -3.84.